The van der Waals surface area contributed by atoms with Crippen LogP contribution in [0.5, 0.6) is 0 Å². The molecule has 1 fully saturated rings. The minimum atomic E-state index is 0.0526. The van der Waals surface area contributed by atoms with Gasteiger partial charge in [-0.05, 0) is 61.1 Å². The van der Waals surface area contributed by atoms with Gasteiger partial charge in [0, 0.05) is 16.1 Å². The highest BCUT2D eigenvalue weighted by atomic mass is 35.5. The Morgan fingerprint density at radius 3 is 2.55 bits per heavy atom. The highest BCUT2D eigenvalue weighted by Crippen LogP contribution is 2.36. The second-order valence-corrected chi connectivity index (χ2v) is 6.04. The van der Waals surface area contributed by atoms with Gasteiger partial charge in [0.2, 0.25) is 0 Å². The average Bonchev–Trinajstić information content (AvgIpc) is 2.35. The third-order valence-corrected chi connectivity index (χ3v) is 4.25. The molecule has 0 bridgehead atoms. The van der Waals surface area contributed by atoms with Crippen molar-refractivity contribution in [1.29, 1.82) is 0 Å². The maximum absolute atomic E-state index is 12.6. The van der Waals surface area contributed by atoms with E-state index in [2.05, 4.69) is 6.07 Å². The maximum Gasteiger partial charge on any atom is 0.193 e. The number of halogens is 1. The number of rotatable bonds is 3. The second kappa shape index (κ2) is 5.41. The highest BCUT2D eigenvalue weighted by molar-refractivity contribution is 6.31. The minimum absolute atomic E-state index is 0.0526. The number of carbonyl (C=O) groups excluding carboxylic acids is 1. The molecule has 0 heterocycles. The highest BCUT2D eigenvalue weighted by Gasteiger charge is 2.20. The molecule has 1 aliphatic carbocycles. The topological polar surface area (TPSA) is 17.1 Å². The number of carbonyl (C=O) groups is 1. The van der Waals surface area contributed by atoms with Crippen LogP contribution in [0.4, 0.5) is 0 Å². The fourth-order valence-corrected chi connectivity index (χ4v) is 3.00. The molecule has 2 aromatic carbocycles. The zero-order valence-corrected chi connectivity index (χ0v) is 12.3. The summed E-state index contributed by atoms with van der Waals surface area (Å²) >= 11 is 6.04. The van der Waals surface area contributed by atoms with Crippen LogP contribution in [-0.4, -0.2) is 5.78 Å². The van der Waals surface area contributed by atoms with Crippen molar-refractivity contribution in [3.8, 4) is 0 Å². The first kappa shape index (κ1) is 13.4. The Labute approximate surface area is 124 Å². The summed E-state index contributed by atoms with van der Waals surface area (Å²) in [6.07, 6.45) is 3.79. The van der Waals surface area contributed by atoms with E-state index in [0.717, 1.165) is 11.1 Å². The Balaban J connectivity index is 1.93. The summed E-state index contributed by atoms with van der Waals surface area (Å²) in [5.41, 5.74) is 3.73. The zero-order valence-electron chi connectivity index (χ0n) is 11.5. The first-order valence-corrected chi connectivity index (χ1v) is 7.43. The molecular weight excluding hydrogens is 268 g/mol. The fraction of sp³-hybridized carbons (Fsp3) is 0.278. The first-order valence-electron chi connectivity index (χ1n) is 7.05. The smallest absolute Gasteiger partial charge is 0.193 e. The Bertz CT molecular complexity index is 636. The van der Waals surface area contributed by atoms with Crippen LogP contribution >= 0.6 is 11.6 Å². The number of hydrogen-bond acceptors (Lipinski definition) is 1. The number of benzene rings is 2. The lowest BCUT2D eigenvalue weighted by Crippen LogP contribution is -2.10. The average molecular weight is 285 g/mol. The van der Waals surface area contributed by atoms with Crippen molar-refractivity contribution in [2.45, 2.75) is 32.1 Å². The van der Waals surface area contributed by atoms with E-state index in [0.29, 0.717) is 16.5 Å². The van der Waals surface area contributed by atoms with Crippen LogP contribution in [0, 0.1) is 6.92 Å². The number of hydrogen-bond donors (Lipinski definition) is 0. The predicted molar refractivity (Wildman–Crippen MR) is 82.7 cm³/mol. The van der Waals surface area contributed by atoms with E-state index in [4.69, 9.17) is 11.6 Å². The lowest BCUT2D eigenvalue weighted by molar-refractivity contribution is 0.103. The molecule has 0 aliphatic heterocycles. The normalized spacial score (nSPS) is 14.9. The van der Waals surface area contributed by atoms with E-state index in [1.807, 2.05) is 37.3 Å². The van der Waals surface area contributed by atoms with Gasteiger partial charge in [0.15, 0.2) is 5.78 Å². The summed E-state index contributed by atoms with van der Waals surface area (Å²) in [5, 5.41) is 0.614. The lowest BCUT2D eigenvalue weighted by Gasteiger charge is -2.26. The van der Waals surface area contributed by atoms with E-state index in [-0.39, 0.29) is 5.78 Å². The van der Waals surface area contributed by atoms with Crippen LogP contribution in [0.3, 0.4) is 0 Å². The third-order valence-electron chi connectivity index (χ3n) is 4.03. The number of ketones is 1. The van der Waals surface area contributed by atoms with Crippen molar-refractivity contribution in [3.63, 3.8) is 0 Å². The van der Waals surface area contributed by atoms with E-state index >= 15 is 0 Å². The van der Waals surface area contributed by atoms with Crippen LogP contribution in [0.25, 0.3) is 0 Å². The molecule has 0 unspecified atom stereocenters. The summed E-state index contributed by atoms with van der Waals surface area (Å²) in [7, 11) is 0. The van der Waals surface area contributed by atoms with Crippen LogP contribution in [0.2, 0.25) is 5.02 Å². The number of aryl methyl sites for hydroxylation is 1. The fourth-order valence-electron chi connectivity index (χ4n) is 2.71. The van der Waals surface area contributed by atoms with Gasteiger partial charge in [0.25, 0.3) is 0 Å². The summed E-state index contributed by atoms with van der Waals surface area (Å²) in [5.74, 6) is 0.695. The van der Waals surface area contributed by atoms with Gasteiger partial charge in [0.05, 0.1) is 0 Å². The molecule has 0 saturated heterocycles. The molecule has 0 radical (unpaired) electrons. The van der Waals surface area contributed by atoms with Gasteiger partial charge >= 0.3 is 0 Å². The van der Waals surface area contributed by atoms with Crippen molar-refractivity contribution >= 4 is 17.4 Å². The van der Waals surface area contributed by atoms with Gasteiger partial charge in [-0.3, -0.25) is 4.79 Å². The van der Waals surface area contributed by atoms with Crippen molar-refractivity contribution in [1.82, 2.24) is 0 Å². The van der Waals surface area contributed by atoms with Crippen molar-refractivity contribution in [2.24, 2.45) is 0 Å². The molecule has 20 heavy (non-hydrogen) atoms. The maximum atomic E-state index is 12.6. The van der Waals surface area contributed by atoms with Crippen LogP contribution in [0.15, 0.2) is 42.5 Å². The molecule has 0 atom stereocenters. The molecule has 0 aromatic heterocycles. The van der Waals surface area contributed by atoms with Crippen molar-refractivity contribution in [2.75, 3.05) is 0 Å². The molecule has 1 saturated carbocycles. The van der Waals surface area contributed by atoms with Crippen LogP contribution in [0.1, 0.15) is 52.2 Å². The zero-order chi connectivity index (χ0) is 14.1. The molecule has 1 nitrogen and oxygen atoms in total. The lowest BCUT2D eigenvalue weighted by atomic mass is 9.79. The molecular formula is C18H17ClO. The van der Waals surface area contributed by atoms with Gasteiger partial charge < -0.3 is 0 Å². The van der Waals surface area contributed by atoms with E-state index < -0.39 is 0 Å². The van der Waals surface area contributed by atoms with Crippen LogP contribution < -0.4 is 0 Å². The SMILES string of the molecule is Cc1cc(Cl)cc(C(=O)c2cccc(C3CCC3)c2)c1. The summed E-state index contributed by atoms with van der Waals surface area (Å²) in [6.45, 7) is 1.95. The largest absolute Gasteiger partial charge is 0.289 e. The molecule has 0 amide bonds. The summed E-state index contributed by atoms with van der Waals surface area (Å²) in [6, 6.07) is 13.5. The monoisotopic (exact) mass is 284 g/mol. The second-order valence-electron chi connectivity index (χ2n) is 5.60. The minimum Gasteiger partial charge on any atom is -0.289 e. The molecule has 0 N–H and O–H groups in total. The summed E-state index contributed by atoms with van der Waals surface area (Å²) in [4.78, 5) is 12.6. The van der Waals surface area contributed by atoms with Gasteiger partial charge in [-0.1, -0.05) is 36.2 Å². The van der Waals surface area contributed by atoms with Gasteiger partial charge in [-0.25, -0.2) is 0 Å². The molecule has 2 heteroatoms. The molecule has 2 aromatic rings. The predicted octanol–water partition coefficient (Wildman–Crippen LogP) is 5.15. The van der Waals surface area contributed by atoms with Gasteiger partial charge in [0.1, 0.15) is 0 Å². The quantitative estimate of drug-likeness (QED) is 0.713. The molecule has 3 rings (SSSR count). The standard InChI is InChI=1S/C18H17ClO/c1-12-8-16(11-17(19)9-12)18(20)15-7-3-6-14(10-15)13-4-2-5-13/h3,6-11,13H,2,4-5H2,1H3. The Morgan fingerprint density at radius 2 is 1.90 bits per heavy atom. The van der Waals surface area contributed by atoms with E-state index in [9.17, 15) is 4.79 Å². The first-order chi connectivity index (χ1) is 9.63. The molecule has 102 valence electrons. The summed E-state index contributed by atoms with van der Waals surface area (Å²) < 4.78 is 0. The molecule has 0 spiro atoms. The van der Waals surface area contributed by atoms with Gasteiger partial charge in [-0.15, -0.1) is 0 Å². The Kier molecular flexibility index (Phi) is 3.62. The van der Waals surface area contributed by atoms with Crippen molar-refractivity contribution in [3.05, 3.63) is 69.7 Å². The van der Waals surface area contributed by atoms with Gasteiger partial charge in [-0.2, -0.15) is 0 Å². The Hall–Kier alpha value is -1.60. The van der Waals surface area contributed by atoms with E-state index in [1.165, 1.54) is 24.8 Å². The van der Waals surface area contributed by atoms with Crippen molar-refractivity contribution < 1.29 is 4.79 Å². The molecule has 1 aliphatic rings. The van der Waals surface area contributed by atoms with Crippen LogP contribution in [-0.2, 0) is 0 Å². The van der Waals surface area contributed by atoms with E-state index in [1.54, 1.807) is 6.07 Å². The third kappa shape index (κ3) is 2.64. The Morgan fingerprint density at radius 1 is 1.10 bits per heavy atom.